The first kappa shape index (κ1) is 30.6. The van der Waals surface area contributed by atoms with Gasteiger partial charge in [-0.1, -0.05) is 34.3 Å². The molecule has 0 N–H and O–H groups in total. The first-order valence-electron chi connectivity index (χ1n) is 13.1. The third kappa shape index (κ3) is 10.4. The first-order valence-corrected chi connectivity index (χ1v) is 13.1. The number of ether oxygens (including phenoxy) is 4. The van der Waals surface area contributed by atoms with Crippen LogP contribution in [0.1, 0.15) is 89.1 Å². The summed E-state index contributed by atoms with van der Waals surface area (Å²) >= 11 is 0. The van der Waals surface area contributed by atoms with E-state index in [9.17, 15) is 14.4 Å². The molecule has 38 heavy (non-hydrogen) atoms. The summed E-state index contributed by atoms with van der Waals surface area (Å²) in [5.74, 6) is 0.406. The van der Waals surface area contributed by atoms with E-state index < -0.39 is 5.97 Å². The van der Waals surface area contributed by atoms with Gasteiger partial charge in [-0.3, -0.25) is 4.79 Å². The second-order valence-electron chi connectivity index (χ2n) is 10.2. The van der Waals surface area contributed by atoms with Gasteiger partial charge < -0.3 is 18.9 Å². The number of carbonyl (C=O) groups excluding carboxylic acids is 3. The Morgan fingerprint density at radius 3 is 2.08 bits per heavy atom. The topological polar surface area (TPSA) is 88.1 Å². The Labute approximate surface area is 226 Å². The van der Waals surface area contributed by atoms with Crippen LogP contribution in [0.2, 0.25) is 0 Å². The van der Waals surface area contributed by atoms with E-state index in [0.29, 0.717) is 54.4 Å². The predicted octanol–water partition coefficient (Wildman–Crippen LogP) is 6.97. The summed E-state index contributed by atoms with van der Waals surface area (Å²) in [5, 5.41) is 0. The maximum absolute atomic E-state index is 12.7. The molecule has 0 fully saturated rings. The average Bonchev–Trinajstić information content (AvgIpc) is 2.86. The normalized spacial score (nSPS) is 11.0. The molecule has 0 atom stereocenters. The molecule has 2 aromatic rings. The molecule has 0 aliphatic carbocycles. The Bertz CT molecular complexity index is 1090. The molecular weight excluding hydrogens is 484 g/mol. The van der Waals surface area contributed by atoms with Gasteiger partial charge in [0.15, 0.2) is 0 Å². The van der Waals surface area contributed by atoms with Gasteiger partial charge in [-0.05, 0) is 86.9 Å². The zero-order valence-corrected chi connectivity index (χ0v) is 23.3. The lowest BCUT2D eigenvalue weighted by Crippen LogP contribution is -2.17. The van der Waals surface area contributed by atoms with Crippen LogP contribution in [0.3, 0.4) is 0 Å². The van der Waals surface area contributed by atoms with Crippen LogP contribution in [0.15, 0.2) is 54.6 Å². The smallest absolute Gasteiger partial charge is 0.343 e. The largest absolute Gasteiger partial charge is 0.494 e. The SMILES string of the molecule is C=C(C)C(=O)OCCCCCCOc1ccc(C(=O)Oc2ccc(OC(=O)CCC)c(C(C)(C)C)c2)cc1. The molecule has 206 valence electrons. The molecule has 0 amide bonds. The van der Waals surface area contributed by atoms with Crippen LogP contribution in [0, 0.1) is 0 Å². The predicted molar refractivity (Wildman–Crippen MR) is 147 cm³/mol. The van der Waals surface area contributed by atoms with Crippen molar-refractivity contribution in [2.24, 2.45) is 0 Å². The molecule has 7 nitrogen and oxygen atoms in total. The molecule has 0 unspecified atom stereocenters. The van der Waals surface area contributed by atoms with E-state index in [0.717, 1.165) is 31.2 Å². The van der Waals surface area contributed by atoms with Crippen molar-refractivity contribution in [2.75, 3.05) is 13.2 Å². The zero-order valence-electron chi connectivity index (χ0n) is 23.3. The van der Waals surface area contributed by atoms with E-state index in [2.05, 4.69) is 6.58 Å². The van der Waals surface area contributed by atoms with Crippen molar-refractivity contribution in [1.82, 2.24) is 0 Å². The van der Waals surface area contributed by atoms with Crippen molar-refractivity contribution in [3.8, 4) is 17.2 Å². The summed E-state index contributed by atoms with van der Waals surface area (Å²) in [6.45, 7) is 14.1. The van der Waals surface area contributed by atoms with Crippen molar-refractivity contribution < 1.29 is 33.3 Å². The fourth-order valence-electron chi connectivity index (χ4n) is 3.51. The van der Waals surface area contributed by atoms with Crippen LogP contribution in [0.5, 0.6) is 17.2 Å². The van der Waals surface area contributed by atoms with Crippen molar-refractivity contribution in [3.63, 3.8) is 0 Å². The molecule has 0 radical (unpaired) electrons. The molecule has 0 bridgehead atoms. The van der Waals surface area contributed by atoms with Crippen molar-refractivity contribution >= 4 is 17.9 Å². The van der Waals surface area contributed by atoms with E-state index in [1.54, 1.807) is 49.4 Å². The number of hydrogen-bond donors (Lipinski definition) is 0. The number of hydrogen-bond acceptors (Lipinski definition) is 7. The summed E-state index contributed by atoms with van der Waals surface area (Å²) < 4.78 is 22.0. The van der Waals surface area contributed by atoms with Crippen LogP contribution < -0.4 is 14.2 Å². The second kappa shape index (κ2) is 15.0. The van der Waals surface area contributed by atoms with Crippen LogP contribution in [-0.4, -0.2) is 31.1 Å². The number of benzene rings is 2. The number of rotatable bonds is 14. The van der Waals surface area contributed by atoms with Gasteiger partial charge in [0.05, 0.1) is 18.8 Å². The Kier molecular flexibility index (Phi) is 12.1. The average molecular weight is 525 g/mol. The van der Waals surface area contributed by atoms with E-state index in [-0.39, 0.29) is 17.4 Å². The maximum Gasteiger partial charge on any atom is 0.343 e. The third-order valence-corrected chi connectivity index (χ3v) is 5.63. The summed E-state index contributed by atoms with van der Waals surface area (Å²) in [7, 11) is 0. The first-order chi connectivity index (χ1) is 18.0. The van der Waals surface area contributed by atoms with Crippen LogP contribution in [0.4, 0.5) is 0 Å². The van der Waals surface area contributed by atoms with E-state index >= 15 is 0 Å². The van der Waals surface area contributed by atoms with Crippen molar-refractivity contribution in [1.29, 1.82) is 0 Å². The summed E-state index contributed by atoms with van der Waals surface area (Å²) in [6.07, 6.45) is 4.63. The lowest BCUT2D eigenvalue weighted by atomic mass is 9.86. The molecule has 2 rings (SSSR count). The summed E-state index contributed by atoms with van der Waals surface area (Å²) in [5.41, 5.74) is 1.27. The molecule has 0 aromatic heterocycles. The standard InChI is InChI=1S/C31H40O7/c1-7-12-28(32)38-27-18-17-25(21-26(27)31(4,5)6)37-30(34)23-13-15-24(16-14-23)35-19-10-8-9-11-20-36-29(33)22(2)3/h13-18,21H,2,7-12,19-20H2,1,3-6H3. The van der Waals surface area contributed by atoms with Crippen molar-refractivity contribution in [2.45, 2.75) is 78.6 Å². The maximum atomic E-state index is 12.7. The van der Waals surface area contributed by atoms with Gasteiger partial charge >= 0.3 is 17.9 Å². The molecule has 7 heteroatoms. The number of esters is 3. The highest BCUT2D eigenvalue weighted by Crippen LogP contribution is 2.35. The minimum absolute atomic E-state index is 0.286. The van der Waals surface area contributed by atoms with Crippen LogP contribution in [0.25, 0.3) is 0 Å². The van der Waals surface area contributed by atoms with Gasteiger partial charge in [-0.15, -0.1) is 0 Å². The quantitative estimate of drug-likeness (QED) is 0.114. The lowest BCUT2D eigenvalue weighted by molar-refractivity contribution is -0.139. The Morgan fingerprint density at radius 1 is 0.842 bits per heavy atom. The fraction of sp³-hybridized carbons (Fsp3) is 0.452. The summed E-state index contributed by atoms with van der Waals surface area (Å²) in [6, 6.07) is 11.9. The molecule has 2 aromatic carbocycles. The Hall–Kier alpha value is -3.61. The van der Waals surface area contributed by atoms with E-state index in [1.165, 1.54) is 0 Å². The molecular formula is C31H40O7. The van der Waals surface area contributed by atoms with Crippen LogP contribution in [-0.2, 0) is 19.7 Å². The highest BCUT2D eigenvalue weighted by molar-refractivity contribution is 5.91. The van der Waals surface area contributed by atoms with Gasteiger partial charge in [-0.25, -0.2) is 9.59 Å². The van der Waals surface area contributed by atoms with Gasteiger partial charge in [0, 0.05) is 17.6 Å². The lowest BCUT2D eigenvalue weighted by Gasteiger charge is -2.23. The highest BCUT2D eigenvalue weighted by atomic mass is 16.5. The summed E-state index contributed by atoms with van der Waals surface area (Å²) in [4.78, 5) is 36.0. The molecule has 0 aliphatic rings. The molecule has 0 saturated heterocycles. The molecule has 0 saturated carbocycles. The van der Waals surface area contributed by atoms with Gasteiger partial charge in [0.2, 0.25) is 0 Å². The Morgan fingerprint density at radius 2 is 1.47 bits per heavy atom. The zero-order chi connectivity index (χ0) is 28.1. The van der Waals surface area contributed by atoms with Gasteiger partial charge in [0.25, 0.3) is 0 Å². The number of carbonyl (C=O) groups is 3. The Balaban J connectivity index is 1.84. The van der Waals surface area contributed by atoms with Crippen LogP contribution >= 0.6 is 0 Å². The van der Waals surface area contributed by atoms with E-state index in [1.807, 2.05) is 27.7 Å². The molecule has 0 heterocycles. The van der Waals surface area contributed by atoms with Gasteiger partial charge in [-0.2, -0.15) is 0 Å². The second-order valence-corrected chi connectivity index (χ2v) is 10.2. The third-order valence-electron chi connectivity index (χ3n) is 5.63. The molecule has 0 spiro atoms. The minimum Gasteiger partial charge on any atom is -0.494 e. The fourth-order valence-corrected chi connectivity index (χ4v) is 3.51. The monoisotopic (exact) mass is 524 g/mol. The molecule has 0 aliphatic heterocycles. The minimum atomic E-state index is -0.487. The van der Waals surface area contributed by atoms with Gasteiger partial charge in [0.1, 0.15) is 17.2 Å². The van der Waals surface area contributed by atoms with E-state index in [4.69, 9.17) is 18.9 Å². The number of unbranched alkanes of at least 4 members (excludes halogenated alkanes) is 3. The highest BCUT2D eigenvalue weighted by Gasteiger charge is 2.22. The van der Waals surface area contributed by atoms with Crippen molar-refractivity contribution in [3.05, 3.63) is 65.7 Å².